The van der Waals surface area contributed by atoms with Crippen molar-refractivity contribution in [3.05, 3.63) is 23.8 Å². The Labute approximate surface area is 169 Å². The van der Waals surface area contributed by atoms with Crippen LogP contribution in [-0.4, -0.2) is 36.9 Å². The number of carbonyl (C=O) groups excluding carboxylic acids is 1. The number of nitrogens with zero attached hydrogens (tertiary/aromatic N) is 2. The van der Waals surface area contributed by atoms with Crippen LogP contribution in [0.15, 0.2) is 23.2 Å². The summed E-state index contributed by atoms with van der Waals surface area (Å²) in [7, 11) is 3.14. The number of carbonyl (C=O) groups is 1. The van der Waals surface area contributed by atoms with Crippen molar-refractivity contribution in [2.75, 3.05) is 20.0 Å². The van der Waals surface area contributed by atoms with Gasteiger partial charge in [-0.2, -0.15) is 5.26 Å². The van der Waals surface area contributed by atoms with Gasteiger partial charge in [0.25, 0.3) is 0 Å². The predicted octanol–water partition coefficient (Wildman–Crippen LogP) is 3.91. The summed E-state index contributed by atoms with van der Waals surface area (Å²) in [4.78, 5) is 17.0. The maximum atomic E-state index is 12.4. The highest BCUT2D eigenvalue weighted by atomic mass is 32.2. The van der Waals surface area contributed by atoms with Crippen LogP contribution in [0.25, 0.3) is 10.9 Å². The Bertz CT molecular complexity index is 910. The minimum Gasteiger partial charge on any atom is -0.493 e. The standard InChI is InChI=1S/C21H25N3O3S/c1-13-6-4-5-7-16(13)23-20(25)12-28-21-15(11-22)8-14-9-18(26-2)19(27-3)10-17(14)24-21/h8-10,13,16H,4-7,12H2,1-3H3,(H,23,25)/t13-,16-/m0/s1. The van der Waals surface area contributed by atoms with Gasteiger partial charge in [-0.15, -0.1) is 0 Å². The van der Waals surface area contributed by atoms with Crippen molar-refractivity contribution < 1.29 is 14.3 Å². The average Bonchev–Trinajstić information content (AvgIpc) is 2.72. The van der Waals surface area contributed by atoms with Gasteiger partial charge in [0, 0.05) is 17.5 Å². The molecule has 148 valence electrons. The molecule has 2 atom stereocenters. The lowest BCUT2D eigenvalue weighted by Gasteiger charge is -2.29. The zero-order valence-electron chi connectivity index (χ0n) is 16.4. The van der Waals surface area contributed by atoms with E-state index < -0.39 is 0 Å². The van der Waals surface area contributed by atoms with Gasteiger partial charge in [-0.1, -0.05) is 31.5 Å². The lowest BCUT2D eigenvalue weighted by Crippen LogP contribution is -2.41. The van der Waals surface area contributed by atoms with Crippen molar-refractivity contribution >= 4 is 28.6 Å². The third-order valence-corrected chi connectivity index (χ3v) is 6.19. The summed E-state index contributed by atoms with van der Waals surface area (Å²) in [6, 6.07) is 7.78. The number of nitrogens with one attached hydrogen (secondary N) is 1. The van der Waals surface area contributed by atoms with Crippen molar-refractivity contribution in [1.82, 2.24) is 10.3 Å². The summed E-state index contributed by atoms with van der Waals surface area (Å²) in [5, 5.41) is 14.0. The van der Waals surface area contributed by atoms with Gasteiger partial charge in [0.2, 0.25) is 5.91 Å². The molecule has 2 aromatic rings. The molecular formula is C21H25N3O3S. The molecular weight excluding hydrogens is 374 g/mol. The highest BCUT2D eigenvalue weighted by Crippen LogP contribution is 2.33. The average molecular weight is 400 g/mol. The first-order valence-corrected chi connectivity index (χ1v) is 10.4. The quantitative estimate of drug-likeness (QED) is 0.742. The number of pyridine rings is 1. The first-order valence-electron chi connectivity index (χ1n) is 9.44. The van der Waals surface area contributed by atoms with Crippen LogP contribution >= 0.6 is 11.8 Å². The maximum Gasteiger partial charge on any atom is 0.230 e. The smallest absolute Gasteiger partial charge is 0.230 e. The van der Waals surface area contributed by atoms with Gasteiger partial charge in [-0.25, -0.2) is 4.98 Å². The largest absolute Gasteiger partial charge is 0.493 e. The molecule has 0 bridgehead atoms. The minimum absolute atomic E-state index is 0.0122. The number of ether oxygens (including phenoxy) is 2. The molecule has 0 saturated heterocycles. The summed E-state index contributed by atoms with van der Waals surface area (Å²) in [5.74, 6) is 1.90. The molecule has 0 spiro atoms. The number of thioether (sulfide) groups is 1. The van der Waals surface area contributed by atoms with E-state index in [-0.39, 0.29) is 17.7 Å². The van der Waals surface area contributed by atoms with E-state index >= 15 is 0 Å². The topological polar surface area (TPSA) is 84.2 Å². The van der Waals surface area contributed by atoms with Crippen LogP contribution in [-0.2, 0) is 4.79 Å². The van der Waals surface area contributed by atoms with Crippen LogP contribution in [0.1, 0.15) is 38.2 Å². The van der Waals surface area contributed by atoms with Crippen molar-refractivity contribution in [3.63, 3.8) is 0 Å². The van der Waals surface area contributed by atoms with Crippen molar-refractivity contribution in [3.8, 4) is 17.6 Å². The van der Waals surface area contributed by atoms with Gasteiger partial charge in [0.1, 0.15) is 11.1 Å². The first-order chi connectivity index (χ1) is 13.5. The number of methoxy groups -OCH3 is 2. The van der Waals surface area contributed by atoms with Crippen molar-refractivity contribution in [2.45, 2.75) is 43.7 Å². The summed E-state index contributed by atoms with van der Waals surface area (Å²) in [6.45, 7) is 2.19. The molecule has 1 fully saturated rings. The van der Waals surface area contributed by atoms with E-state index in [1.54, 1.807) is 32.4 Å². The molecule has 1 aliphatic carbocycles. The van der Waals surface area contributed by atoms with Crippen LogP contribution in [0.3, 0.4) is 0 Å². The second kappa shape index (κ2) is 9.16. The minimum atomic E-state index is -0.0122. The van der Waals surface area contributed by atoms with E-state index in [1.807, 2.05) is 0 Å². The predicted molar refractivity (Wildman–Crippen MR) is 110 cm³/mol. The zero-order chi connectivity index (χ0) is 20.1. The highest BCUT2D eigenvalue weighted by molar-refractivity contribution is 8.00. The molecule has 7 heteroatoms. The Kier molecular flexibility index (Phi) is 6.63. The van der Waals surface area contributed by atoms with Crippen LogP contribution in [0.5, 0.6) is 11.5 Å². The molecule has 1 aliphatic rings. The lowest BCUT2D eigenvalue weighted by atomic mass is 9.86. The molecule has 6 nitrogen and oxygen atoms in total. The normalized spacial score (nSPS) is 19.1. The zero-order valence-corrected chi connectivity index (χ0v) is 17.3. The summed E-state index contributed by atoms with van der Waals surface area (Å²) in [5.41, 5.74) is 1.14. The molecule has 1 N–H and O–H groups in total. The van der Waals surface area contributed by atoms with Crippen molar-refractivity contribution in [1.29, 1.82) is 5.26 Å². The molecule has 1 amide bonds. The van der Waals surface area contributed by atoms with Gasteiger partial charge in [-0.05, 0) is 30.9 Å². The number of hydrogen-bond donors (Lipinski definition) is 1. The molecule has 0 radical (unpaired) electrons. The van der Waals surface area contributed by atoms with Crippen LogP contribution in [0.4, 0.5) is 0 Å². The lowest BCUT2D eigenvalue weighted by molar-refractivity contribution is -0.119. The second-order valence-corrected chi connectivity index (χ2v) is 8.04. The third kappa shape index (κ3) is 4.50. The Balaban J connectivity index is 1.76. The van der Waals surface area contributed by atoms with E-state index in [4.69, 9.17) is 9.47 Å². The van der Waals surface area contributed by atoms with Gasteiger partial charge < -0.3 is 14.8 Å². The number of benzene rings is 1. The van der Waals surface area contributed by atoms with E-state index in [9.17, 15) is 10.1 Å². The molecule has 0 aliphatic heterocycles. The number of fused-ring (bicyclic) bond motifs is 1. The SMILES string of the molecule is COc1cc2cc(C#N)c(SCC(=O)N[C@H]3CCCC[C@@H]3C)nc2cc1OC. The van der Waals surface area contributed by atoms with Gasteiger partial charge >= 0.3 is 0 Å². The number of aromatic nitrogens is 1. The van der Waals surface area contributed by atoms with Gasteiger partial charge in [-0.3, -0.25) is 4.79 Å². The Morgan fingerprint density at radius 2 is 1.96 bits per heavy atom. The fraction of sp³-hybridized carbons (Fsp3) is 0.476. The van der Waals surface area contributed by atoms with Crippen LogP contribution in [0, 0.1) is 17.2 Å². The van der Waals surface area contributed by atoms with Gasteiger partial charge in [0.05, 0.1) is 31.1 Å². The molecule has 1 aromatic carbocycles. The fourth-order valence-corrected chi connectivity index (χ4v) is 4.36. The number of nitriles is 1. The molecule has 1 aromatic heterocycles. The third-order valence-electron chi connectivity index (χ3n) is 5.20. The molecule has 0 unspecified atom stereocenters. The van der Waals surface area contributed by atoms with E-state index in [1.165, 1.54) is 24.6 Å². The van der Waals surface area contributed by atoms with Crippen LogP contribution in [0.2, 0.25) is 0 Å². The monoisotopic (exact) mass is 399 g/mol. The molecule has 3 rings (SSSR count). The van der Waals surface area contributed by atoms with Crippen LogP contribution < -0.4 is 14.8 Å². The fourth-order valence-electron chi connectivity index (χ4n) is 3.59. The summed E-state index contributed by atoms with van der Waals surface area (Å²) < 4.78 is 10.6. The highest BCUT2D eigenvalue weighted by Gasteiger charge is 2.23. The number of rotatable bonds is 6. The Morgan fingerprint density at radius 3 is 2.64 bits per heavy atom. The number of amides is 1. The molecule has 28 heavy (non-hydrogen) atoms. The summed E-state index contributed by atoms with van der Waals surface area (Å²) >= 11 is 1.29. The molecule has 1 saturated carbocycles. The summed E-state index contributed by atoms with van der Waals surface area (Å²) in [6.07, 6.45) is 4.60. The van der Waals surface area contributed by atoms with E-state index in [2.05, 4.69) is 23.3 Å². The van der Waals surface area contributed by atoms with Crippen molar-refractivity contribution in [2.24, 2.45) is 5.92 Å². The van der Waals surface area contributed by atoms with E-state index in [0.717, 1.165) is 18.2 Å². The molecule has 1 heterocycles. The number of hydrogen-bond acceptors (Lipinski definition) is 6. The first kappa shape index (κ1) is 20.3. The Morgan fingerprint density at radius 1 is 1.25 bits per heavy atom. The maximum absolute atomic E-state index is 12.4. The van der Waals surface area contributed by atoms with E-state index in [0.29, 0.717) is 33.5 Å². The second-order valence-electron chi connectivity index (χ2n) is 7.08. The Hall–Kier alpha value is -2.46. The van der Waals surface area contributed by atoms with Gasteiger partial charge in [0.15, 0.2) is 11.5 Å².